The van der Waals surface area contributed by atoms with E-state index in [9.17, 15) is 14.4 Å². The third-order valence-corrected chi connectivity index (χ3v) is 16.6. The maximum Gasteiger partial charge on any atom is 0.306 e. The SMILES string of the molecule is CC/C=C\C/C=C\C/C=C\CCCCCCCC(=O)OCC(COC(=O)CCCCCCCCCCCCCCC/C=C\CCCCCCCCCC)OC(=O)CCCCCCCCCCCCCCCCCCCCCCCCCC. The summed E-state index contributed by atoms with van der Waals surface area (Å²) in [6.07, 6.45) is 90.1. The molecule has 82 heavy (non-hydrogen) atoms. The lowest BCUT2D eigenvalue weighted by Gasteiger charge is -2.18. The van der Waals surface area contributed by atoms with E-state index in [4.69, 9.17) is 14.2 Å². The fourth-order valence-corrected chi connectivity index (χ4v) is 11.1. The van der Waals surface area contributed by atoms with Crippen molar-refractivity contribution in [2.24, 2.45) is 0 Å². The quantitative estimate of drug-likeness (QED) is 0.0261. The van der Waals surface area contributed by atoms with Gasteiger partial charge in [0.25, 0.3) is 0 Å². The molecule has 0 fully saturated rings. The van der Waals surface area contributed by atoms with Crippen LogP contribution < -0.4 is 0 Å². The molecule has 6 heteroatoms. The molecule has 0 saturated heterocycles. The summed E-state index contributed by atoms with van der Waals surface area (Å²) in [6.45, 7) is 6.59. The predicted molar refractivity (Wildman–Crippen MR) is 358 cm³/mol. The Bertz CT molecular complexity index is 1410. The van der Waals surface area contributed by atoms with E-state index < -0.39 is 6.10 Å². The van der Waals surface area contributed by atoms with E-state index in [1.807, 2.05) is 0 Å². The van der Waals surface area contributed by atoms with Crippen molar-refractivity contribution in [3.63, 3.8) is 0 Å². The minimum Gasteiger partial charge on any atom is -0.462 e. The van der Waals surface area contributed by atoms with Gasteiger partial charge in [0, 0.05) is 19.3 Å². The number of hydrogen-bond donors (Lipinski definition) is 0. The highest BCUT2D eigenvalue weighted by atomic mass is 16.6. The van der Waals surface area contributed by atoms with Crippen LogP contribution >= 0.6 is 0 Å². The molecule has 0 aliphatic rings. The van der Waals surface area contributed by atoms with Crippen LogP contribution in [0.1, 0.15) is 400 Å². The highest BCUT2D eigenvalue weighted by Gasteiger charge is 2.19. The molecule has 0 aromatic carbocycles. The molecule has 0 aromatic rings. The fourth-order valence-electron chi connectivity index (χ4n) is 11.1. The summed E-state index contributed by atoms with van der Waals surface area (Å²) >= 11 is 0. The Morgan fingerprint density at radius 3 is 0.756 bits per heavy atom. The molecular formula is C76H140O6. The minimum absolute atomic E-state index is 0.0743. The maximum atomic E-state index is 13.0. The van der Waals surface area contributed by atoms with Crippen LogP contribution in [0.25, 0.3) is 0 Å². The Balaban J connectivity index is 4.26. The molecule has 0 radical (unpaired) electrons. The Morgan fingerprint density at radius 2 is 0.476 bits per heavy atom. The molecule has 1 unspecified atom stereocenters. The van der Waals surface area contributed by atoms with Crippen LogP contribution in [0.3, 0.4) is 0 Å². The molecule has 0 saturated carbocycles. The monoisotopic (exact) mass is 1150 g/mol. The van der Waals surface area contributed by atoms with Gasteiger partial charge in [0.05, 0.1) is 0 Å². The van der Waals surface area contributed by atoms with Crippen LogP contribution in [0.2, 0.25) is 0 Å². The molecule has 0 aliphatic carbocycles. The van der Waals surface area contributed by atoms with Crippen LogP contribution in [-0.2, 0) is 28.6 Å². The van der Waals surface area contributed by atoms with Gasteiger partial charge in [0.2, 0.25) is 0 Å². The van der Waals surface area contributed by atoms with Crippen LogP contribution in [-0.4, -0.2) is 37.2 Å². The molecule has 0 rings (SSSR count). The summed E-state index contributed by atoms with van der Waals surface area (Å²) in [5.41, 5.74) is 0. The first kappa shape index (κ1) is 79.4. The summed E-state index contributed by atoms with van der Waals surface area (Å²) in [5.74, 6) is -0.863. The molecule has 0 aromatic heterocycles. The Morgan fingerprint density at radius 1 is 0.256 bits per heavy atom. The smallest absolute Gasteiger partial charge is 0.306 e. The van der Waals surface area contributed by atoms with Crippen molar-refractivity contribution in [3.8, 4) is 0 Å². The van der Waals surface area contributed by atoms with E-state index in [0.717, 1.165) is 96.3 Å². The van der Waals surface area contributed by atoms with Crippen LogP contribution in [0.15, 0.2) is 48.6 Å². The lowest BCUT2D eigenvalue weighted by molar-refractivity contribution is -0.167. The molecule has 480 valence electrons. The zero-order valence-electron chi connectivity index (χ0n) is 55.3. The molecule has 6 nitrogen and oxygen atoms in total. The van der Waals surface area contributed by atoms with Crippen molar-refractivity contribution in [1.29, 1.82) is 0 Å². The minimum atomic E-state index is -0.780. The molecule has 0 bridgehead atoms. The Kier molecular flexibility index (Phi) is 68.6. The number of allylic oxidation sites excluding steroid dienone is 8. The van der Waals surface area contributed by atoms with Gasteiger partial charge in [0.15, 0.2) is 6.10 Å². The van der Waals surface area contributed by atoms with Gasteiger partial charge in [-0.2, -0.15) is 0 Å². The van der Waals surface area contributed by atoms with E-state index in [1.54, 1.807) is 0 Å². The maximum absolute atomic E-state index is 13.0. The van der Waals surface area contributed by atoms with E-state index in [0.29, 0.717) is 19.3 Å². The summed E-state index contributed by atoms with van der Waals surface area (Å²) < 4.78 is 17.0. The molecule has 0 spiro atoms. The summed E-state index contributed by atoms with van der Waals surface area (Å²) in [7, 11) is 0. The number of rotatable bonds is 68. The third kappa shape index (κ3) is 68.2. The number of ether oxygens (including phenoxy) is 3. The van der Waals surface area contributed by atoms with Gasteiger partial charge in [-0.25, -0.2) is 0 Å². The highest BCUT2D eigenvalue weighted by molar-refractivity contribution is 5.71. The van der Waals surface area contributed by atoms with Crippen molar-refractivity contribution in [2.75, 3.05) is 13.2 Å². The van der Waals surface area contributed by atoms with Crippen molar-refractivity contribution in [1.82, 2.24) is 0 Å². The van der Waals surface area contributed by atoms with E-state index in [1.165, 1.54) is 263 Å². The zero-order valence-corrected chi connectivity index (χ0v) is 55.3. The molecule has 1 atom stereocenters. The Hall–Kier alpha value is -2.63. The van der Waals surface area contributed by atoms with Gasteiger partial charge in [-0.1, -0.05) is 352 Å². The second-order valence-electron chi connectivity index (χ2n) is 24.8. The van der Waals surface area contributed by atoms with Crippen LogP contribution in [0, 0.1) is 0 Å². The first-order chi connectivity index (χ1) is 40.5. The second kappa shape index (κ2) is 70.9. The summed E-state index contributed by atoms with van der Waals surface area (Å²) in [6, 6.07) is 0. The van der Waals surface area contributed by atoms with Gasteiger partial charge < -0.3 is 14.2 Å². The zero-order chi connectivity index (χ0) is 59.2. The van der Waals surface area contributed by atoms with Crippen molar-refractivity contribution in [2.45, 2.75) is 406 Å². The Labute approximate surface area is 511 Å². The molecule has 0 amide bonds. The average Bonchev–Trinajstić information content (AvgIpc) is 3.48. The van der Waals surface area contributed by atoms with Crippen LogP contribution in [0.4, 0.5) is 0 Å². The normalized spacial score (nSPS) is 12.3. The predicted octanol–water partition coefficient (Wildman–Crippen LogP) is 25.3. The fraction of sp³-hybridized carbons (Fsp3) is 0.855. The lowest BCUT2D eigenvalue weighted by atomic mass is 10.0. The first-order valence-corrected chi connectivity index (χ1v) is 36.6. The topological polar surface area (TPSA) is 78.9 Å². The molecular weight excluding hydrogens is 1010 g/mol. The van der Waals surface area contributed by atoms with Gasteiger partial charge in [0.1, 0.15) is 13.2 Å². The van der Waals surface area contributed by atoms with E-state index in [2.05, 4.69) is 69.4 Å². The summed E-state index contributed by atoms with van der Waals surface area (Å²) in [4.78, 5) is 38.5. The van der Waals surface area contributed by atoms with E-state index in [-0.39, 0.29) is 31.1 Å². The van der Waals surface area contributed by atoms with Crippen molar-refractivity contribution < 1.29 is 28.6 Å². The van der Waals surface area contributed by atoms with E-state index >= 15 is 0 Å². The number of hydrogen-bond acceptors (Lipinski definition) is 6. The number of carbonyl (C=O) groups is 3. The number of esters is 3. The second-order valence-corrected chi connectivity index (χ2v) is 24.8. The van der Waals surface area contributed by atoms with Gasteiger partial charge in [-0.3, -0.25) is 14.4 Å². The first-order valence-electron chi connectivity index (χ1n) is 36.6. The number of carbonyl (C=O) groups excluding carboxylic acids is 3. The van der Waals surface area contributed by atoms with Gasteiger partial charge in [-0.05, 0) is 77.0 Å². The lowest BCUT2D eigenvalue weighted by Crippen LogP contribution is -2.30. The van der Waals surface area contributed by atoms with Crippen LogP contribution in [0.5, 0.6) is 0 Å². The van der Waals surface area contributed by atoms with Gasteiger partial charge >= 0.3 is 17.9 Å². The molecule has 0 N–H and O–H groups in total. The number of unbranched alkanes of at least 4 members (excludes halogenated alkanes) is 49. The largest absolute Gasteiger partial charge is 0.462 e. The average molecular weight is 1150 g/mol. The van der Waals surface area contributed by atoms with Crippen molar-refractivity contribution in [3.05, 3.63) is 48.6 Å². The highest BCUT2D eigenvalue weighted by Crippen LogP contribution is 2.19. The van der Waals surface area contributed by atoms with Gasteiger partial charge in [-0.15, -0.1) is 0 Å². The third-order valence-electron chi connectivity index (χ3n) is 16.6. The summed E-state index contributed by atoms with van der Waals surface area (Å²) in [5, 5.41) is 0. The van der Waals surface area contributed by atoms with Crippen molar-refractivity contribution >= 4 is 17.9 Å². The standard InChI is InChI=1S/C76H140O6/c1-4-7-10-13-16-19-22-25-28-30-32-34-36-38-40-41-43-45-48-51-54-57-60-63-66-69-75(78)81-72-73(71-80-74(77)68-65-62-59-56-53-50-47-27-24-21-18-15-12-9-6-3)82-76(79)70-67-64-61-58-55-52-49-46-44-42-39-37-35-33-31-29-26-23-20-17-14-11-8-5-2/h9,12,18,21,27,30,32,47,73H,4-8,10-11,13-17,19-20,22-26,28-29,31,33-46,48-72H2,1-3H3/b12-9-,21-18-,32-30-,47-27-. The molecule has 0 heterocycles. The molecule has 0 aliphatic heterocycles.